The predicted molar refractivity (Wildman–Crippen MR) is 74.0 cm³/mol. The lowest BCUT2D eigenvalue weighted by molar-refractivity contribution is 0.917. The van der Waals surface area contributed by atoms with Gasteiger partial charge in [-0.15, -0.1) is 0 Å². The Labute approximate surface area is 111 Å². The van der Waals surface area contributed by atoms with Gasteiger partial charge in [0.15, 0.2) is 5.82 Å². The number of nitrogens with one attached hydrogen (secondary N) is 1. The van der Waals surface area contributed by atoms with E-state index in [0.29, 0.717) is 6.54 Å². The number of aryl methyl sites for hydroxylation is 2. The molecule has 0 saturated heterocycles. The van der Waals surface area contributed by atoms with Crippen molar-refractivity contribution in [2.75, 3.05) is 5.32 Å². The average Bonchev–Trinajstić information content (AvgIpc) is 2.78. The molecule has 5 heteroatoms. The molecule has 0 unspecified atom stereocenters. The van der Waals surface area contributed by atoms with Crippen molar-refractivity contribution in [2.24, 2.45) is 0 Å². The molecule has 0 aliphatic rings. The minimum Gasteiger partial charge on any atom is -0.363 e. The van der Waals surface area contributed by atoms with Gasteiger partial charge in [0, 0.05) is 18.6 Å². The van der Waals surface area contributed by atoms with Crippen LogP contribution in [0.1, 0.15) is 17.0 Å². The molecule has 19 heavy (non-hydrogen) atoms. The zero-order chi connectivity index (χ0) is 13.2. The summed E-state index contributed by atoms with van der Waals surface area (Å²) in [5.74, 6) is 0.827. The van der Waals surface area contributed by atoms with Gasteiger partial charge in [-0.2, -0.15) is 5.10 Å². The second-order valence-electron chi connectivity index (χ2n) is 4.51. The van der Waals surface area contributed by atoms with Crippen LogP contribution in [0.4, 0.5) is 5.82 Å². The Balaban J connectivity index is 1.88. The first kappa shape index (κ1) is 11.6. The van der Waals surface area contributed by atoms with Crippen molar-refractivity contribution >= 4 is 11.3 Å². The summed E-state index contributed by atoms with van der Waals surface area (Å²) >= 11 is 0. The molecule has 0 amide bonds. The van der Waals surface area contributed by atoms with Gasteiger partial charge in [-0.05, 0) is 31.5 Å². The maximum Gasteiger partial charge on any atom is 0.152 e. The predicted octanol–water partition coefficient (Wildman–Crippen LogP) is 2.35. The standard InChI is InChI=1S/C14H15N5/c1-10-4-3-5-15-12(10)9-17-14-13-8-11(2)18-19(13)7-6-16-14/h3-8H,9H2,1-2H3,(H,16,17). The summed E-state index contributed by atoms with van der Waals surface area (Å²) in [5, 5.41) is 7.69. The van der Waals surface area contributed by atoms with Crippen LogP contribution in [0, 0.1) is 13.8 Å². The first-order chi connectivity index (χ1) is 9.24. The van der Waals surface area contributed by atoms with Crippen molar-refractivity contribution in [1.82, 2.24) is 19.6 Å². The molecule has 0 fully saturated rings. The van der Waals surface area contributed by atoms with E-state index in [0.717, 1.165) is 22.7 Å². The summed E-state index contributed by atoms with van der Waals surface area (Å²) in [7, 11) is 0. The minimum absolute atomic E-state index is 0.656. The highest BCUT2D eigenvalue weighted by atomic mass is 15.2. The van der Waals surface area contributed by atoms with E-state index in [-0.39, 0.29) is 0 Å². The van der Waals surface area contributed by atoms with Gasteiger partial charge in [0.05, 0.1) is 17.9 Å². The number of aromatic nitrogens is 4. The lowest BCUT2D eigenvalue weighted by Crippen LogP contribution is -2.06. The third kappa shape index (κ3) is 2.27. The molecule has 0 radical (unpaired) electrons. The Morgan fingerprint density at radius 2 is 2.11 bits per heavy atom. The van der Waals surface area contributed by atoms with Gasteiger partial charge >= 0.3 is 0 Å². The molecule has 0 saturated carbocycles. The van der Waals surface area contributed by atoms with Crippen molar-refractivity contribution in [2.45, 2.75) is 20.4 Å². The van der Waals surface area contributed by atoms with Crippen LogP contribution in [-0.4, -0.2) is 19.6 Å². The van der Waals surface area contributed by atoms with Crippen LogP contribution in [0.25, 0.3) is 5.52 Å². The molecule has 96 valence electrons. The molecule has 0 aromatic carbocycles. The fraction of sp³-hybridized carbons (Fsp3) is 0.214. The number of fused-ring (bicyclic) bond motifs is 1. The summed E-state index contributed by atoms with van der Waals surface area (Å²) in [4.78, 5) is 8.73. The molecule has 3 aromatic heterocycles. The van der Waals surface area contributed by atoms with Gasteiger partial charge in [0.25, 0.3) is 0 Å². The Kier molecular flexibility index (Phi) is 2.87. The Hall–Kier alpha value is -2.43. The highest BCUT2D eigenvalue weighted by Gasteiger charge is 2.06. The smallest absolute Gasteiger partial charge is 0.152 e. The van der Waals surface area contributed by atoms with Crippen LogP contribution in [0.15, 0.2) is 36.8 Å². The second kappa shape index (κ2) is 4.68. The summed E-state index contributed by atoms with van der Waals surface area (Å²) in [6.45, 7) is 4.68. The van der Waals surface area contributed by atoms with Gasteiger partial charge in [0.1, 0.15) is 5.52 Å². The van der Waals surface area contributed by atoms with Crippen LogP contribution < -0.4 is 5.32 Å². The molecule has 3 rings (SSSR count). The minimum atomic E-state index is 0.656. The monoisotopic (exact) mass is 253 g/mol. The van der Waals surface area contributed by atoms with Crippen molar-refractivity contribution in [3.05, 3.63) is 53.7 Å². The van der Waals surface area contributed by atoms with Crippen LogP contribution >= 0.6 is 0 Å². The molecule has 0 atom stereocenters. The third-order valence-corrected chi connectivity index (χ3v) is 3.05. The van der Waals surface area contributed by atoms with Gasteiger partial charge in [-0.1, -0.05) is 6.07 Å². The number of rotatable bonds is 3. The average molecular weight is 253 g/mol. The molecule has 0 aliphatic heterocycles. The number of nitrogens with zero attached hydrogens (tertiary/aromatic N) is 4. The summed E-state index contributed by atoms with van der Waals surface area (Å²) in [6.07, 6.45) is 5.40. The highest BCUT2D eigenvalue weighted by Crippen LogP contribution is 2.15. The second-order valence-corrected chi connectivity index (χ2v) is 4.51. The fourth-order valence-corrected chi connectivity index (χ4v) is 2.05. The molecule has 0 spiro atoms. The molecule has 0 aliphatic carbocycles. The lowest BCUT2D eigenvalue weighted by atomic mass is 10.2. The molecule has 3 aromatic rings. The normalized spacial score (nSPS) is 10.8. The third-order valence-electron chi connectivity index (χ3n) is 3.05. The van der Waals surface area contributed by atoms with Crippen LogP contribution in [0.5, 0.6) is 0 Å². The van der Waals surface area contributed by atoms with Gasteiger partial charge in [-0.3, -0.25) is 4.98 Å². The Bertz CT molecular complexity index is 717. The molecular formula is C14H15N5. The largest absolute Gasteiger partial charge is 0.363 e. The van der Waals surface area contributed by atoms with Crippen LogP contribution in [0.2, 0.25) is 0 Å². The molecule has 0 bridgehead atoms. The fourth-order valence-electron chi connectivity index (χ4n) is 2.05. The van der Waals surface area contributed by atoms with Gasteiger partial charge in [-0.25, -0.2) is 9.50 Å². The SMILES string of the molecule is Cc1cc2c(NCc3ncccc3C)nccn2n1. The number of hydrogen-bond acceptors (Lipinski definition) is 4. The van der Waals surface area contributed by atoms with E-state index in [1.54, 1.807) is 12.4 Å². The van der Waals surface area contributed by atoms with Gasteiger partial charge < -0.3 is 5.32 Å². The lowest BCUT2D eigenvalue weighted by Gasteiger charge is -2.08. The van der Waals surface area contributed by atoms with Crippen molar-refractivity contribution in [3.8, 4) is 0 Å². The first-order valence-corrected chi connectivity index (χ1v) is 6.19. The van der Waals surface area contributed by atoms with E-state index in [9.17, 15) is 0 Å². The van der Waals surface area contributed by atoms with Crippen molar-refractivity contribution in [1.29, 1.82) is 0 Å². The van der Waals surface area contributed by atoms with E-state index in [2.05, 4.69) is 33.4 Å². The maximum absolute atomic E-state index is 4.37. The summed E-state index contributed by atoms with van der Waals surface area (Å²) in [5.41, 5.74) is 4.16. The van der Waals surface area contributed by atoms with E-state index < -0.39 is 0 Å². The van der Waals surface area contributed by atoms with Crippen LogP contribution in [-0.2, 0) is 6.54 Å². The molecular weight excluding hydrogens is 238 g/mol. The summed E-state index contributed by atoms with van der Waals surface area (Å²) < 4.78 is 1.83. The zero-order valence-electron chi connectivity index (χ0n) is 11.0. The Morgan fingerprint density at radius 1 is 1.21 bits per heavy atom. The van der Waals surface area contributed by atoms with E-state index in [1.807, 2.05) is 29.8 Å². The van der Waals surface area contributed by atoms with Gasteiger partial charge in [0.2, 0.25) is 0 Å². The first-order valence-electron chi connectivity index (χ1n) is 6.19. The van der Waals surface area contributed by atoms with Crippen molar-refractivity contribution in [3.63, 3.8) is 0 Å². The molecule has 1 N–H and O–H groups in total. The van der Waals surface area contributed by atoms with E-state index in [4.69, 9.17) is 0 Å². The molecule has 5 nitrogen and oxygen atoms in total. The number of anilines is 1. The number of pyridine rings is 1. The topological polar surface area (TPSA) is 55.1 Å². The van der Waals surface area contributed by atoms with E-state index >= 15 is 0 Å². The summed E-state index contributed by atoms with van der Waals surface area (Å²) in [6, 6.07) is 6.01. The van der Waals surface area contributed by atoms with Crippen LogP contribution in [0.3, 0.4) is 0 Å². The number of hydrogen-bond donors (Lipinski definition) is 1. The molecule has 3 heterocycles. The van der Waals surface area contributed by atoms with E-state index in [1.165, 1.54) is 5.56 Å². The Morgan fingerprint density at radius 3 is 2.95 bits per heavy atom. The highest BCUT2D eigenvalue weighted by molar-refractivity contribution is 5.67. The quantitative estimate of drug-likeness (QED) is 0.778. The zero-order valence-corrected chi connectivity index (χ0v) is 11.0. The van der Waals surface area contributed by atoms with Crippen molar-refractivity contribution < 1.29 is 0 Å². The maximum atomic E-state index is 4.37.